The number of furan rings is 2. The molecule has 87 heavy (non-hydrogen) atoms. The van der Waals surface area contributed by atoms with Gasteiger partial charge < -0.3 is 33.7 Å². The highest BCUT2D eigenvalue weighted by molar-refractivity contribution is 5.97. The SMILES string of the molecule is N#C/C(=C/c1ccc2cc(-c3ccc(C#Cc4ccc(N(c5ccccc5)c5ccccc5)cc4)cc3)oc2c1)C(=O)O.O=Cc1ccc2cc(-c3ccc(C#Cc4ccc(N(c5ccccc5)c5ccccc5)cc4)cc3)oc2c1.[C-]#[N+]CC(=O)O. The zero-order chi connectivity index (χ0) is 60.3. The second kappa shape index (κ2) is 27.9. The number of rotatable bonds is 12. The fourth-order valence-electron chi connectivity index (χ4n) is 9.23. The number of aldehydes is 1. The summed E-state index contributed by atoms with van der Waals surface area (Å²) in [7, 11) is 0. The molecule has 0 aliphatic heterocycles. The number of benzene rings is 10. The minimum absolute atomic E-state index is 0.333. The average Bonchev–Trinajstić information content (AvgIpc) is 3.39. The number of anilines is 6. The smallest absolute Gasteiger partial charge is 0.384 e. The first kappa shape index (κ1) is 57.6. The van der Waals surface area contributed by atoms with Gasteiger partial charge in [-0.05, 0) is 157 Å². The molecule has 0 aliphatic rings. The number of carboxylic acid groups (broad SMARTS) is 2. The molecule has 0 radical (unpaired) electrons. The Hall–Kier alpha value is -12.7. The van der Waals surface area contributed by atoms with E-state index in [0.717, 1.165) is 90.3 Å². The number of aliphatic carboxylic acids is 2. The third kappa shape index (κ3) is 14.9. The summed E-state index contributed by atoms with van der Waals surface area (Å²) in [6.07, 6.45) is 2.15. The predicted octanol–water partition coefficient (Wildman–Crippen LogP) is 17.7. The molecule has 416 valence electrons. The van der Waals surface area contributed by atoms with Crippen LogP contribution in [0, 0.1) is 41.6 Å². The number of fused-ring (bicyclic) bond motifs is 2. The Labute approximate surface area is 502 Å². The van der Waals surface area contributed by atoms with Gasteiger partial charge in [-0.15, -0.1) is 0 Å². The third-order valence-electron chi connectivity index (χ3n) is 13.5. The Morgan fingerprint density at radius 3 is 1.09 bits per heavy atom. The van der Waals surface area contributed by atoms with Gasteiger partial charge in [-0.2, -0.15) is 5.26 Å². The zero-order valence-electron chi connectivity index (χ0n) is 46.5. The average molecular weight is 1130 g/mol. The van der Waals surface area contributed by atoms with E-state index in [1.807, 2.05) is 158 Å². The molecule has 0 atom stereocenters. The molecule has 0 aliphatic carbocycles. The lowest BCUT2D eigenvalue weighted by molar-refractivity contribution is -0.135. The fraction of sp³-hybridized carbons (Fsp3) is 0.0132. The maximum atomic E-state index is 11.2. The van der Waals surface area contributed by atoms with Crippen molar-refractivity contribution in [3.8, 4) is 52.4 Å². The second-order valence-electron chi connectivity index (χ2n) is 19.4. The highest BCUT2D eigenvalue weighted by atomic mass is 16.4. The summed E-state index contributed by atoms with van der Waals surface area (Å²) in [6, 6.07) is 90.0. The Balaban J connectivity index is 0.000000177. The minimum atomic E-state index is -1.26. The van der Waals surface area contributed by atoms with Gasteiger partial charge in [0, 0.05) is 83.8 Å². The van der Waals surface area contributed by atoms with Crippen molar-refractivity contribution in [3.63, 3.8) is 0 Å². The highest BCUT2D eigenvalue weighted by Gasteiger charge is 2.15. The zero-order valence-corrected chi connectivity index (χ0v) is 46.5. The van der Waals surface area contributed by atoms with Gasteiger partial charge in [0.15, 0.2) is 0 Å². The van der Waals surface area contributed by atoms with Crippen LogP contribution in [0.4, 0.5) is 34.1 Å². The first-order valence-corrected chi connectivity index (χ1v) is 27.3. The van der Waals surface area contributed by atoms with Crippen molar-refractivity contribution in [2.75, 3.05) is 16.3 Å². The normalized spacial score (nSPS) is 10.4. The molecule has 0 amide bonds. The van der Waals surface area contributed by atoms with Crippen LogP contribution in [-0.4, -0.2) is 35.0 Å². The molecule has 2 N–H and O–H groups in total. The van der Waals surface area contributed by atoms with Crippen LogP contribution in [0.3, 0.4) is 0 Å². The molecule has 12 rings (SSSR count). The lowest BCUT2D eigenvalue weighted by Gasteiger charge is -2.25. The van der Waals surface area contributed by atoms with Gasteiger partial charge in [-0.1, -0.05) is 145 Å². The van der Waals surface area contributed by atoms with Gasteiger partial charge >= 0.3 is 18.5 Å². The maximum Gasteiger partial charge on any atom is 0.384 e. The summed E-state index contributed by atoms with van der Waals surface area (Å²) in [5.41, 5.74) is 14.2. The molecule has 10 aromatic carbocycles. The van der Waals surface area contributed by atoms with Crippen LogP contribution in [0.15, 0.2) is 281 Å². The van der Waals surface area contributed by atoms with Crippen LogP contribution in [0.2, 0.25) is 0 Å². The molecule has 0 bridgehead atoms. The van der Waals surface area contributed by atoms with Crippen molar-refractivity contribution in [3.05, 3.63) is 317 Å². The van der Waals surface area contributed by atoms with Crippen molar-refractivity contribution in [1.82, 2.24) is 0 Å². The van der Waals surface area contributed by atoms with E-state index in [0.29, 0.717) is 28.1 Å². The Bertz CT molecular complexity index is 4540. The second-order valence-corrected chi connectivity index (χ2v) is 19.4. The van der Waals surface area contributed by atoms with E-state index in [1.54, 1.807) is 30.3 Å². The molecular formula is C76H50N4O7. The number of hydrogen-bond acceptors (Lipinski definition) is 8. The first-order chi connectivity index (χ1) is 42.6. The molecule has 0 unspecified atom stereocenters. The molecule has 0 fully saturated rings. The minimum Gasteiger partial charge on any atom is -0.477 e. The standard InChI is InChI=1S/C38H24N2O3.C35H23NO2.C3H3NO2/c39-26-32(38(41)42)23-29-15-20-31-25-37(43-36(31)24-29)30-18-13-27(14-19-30)11-12-28-16-21-35(22-17-28)40(33-7-3-1-4-8-33)34-9-5-2-6-10-34;37-25-28-15-20-30-24-35(38-34(30)23-28)29-18-13-26(14-19-29)11-12-27-16-21-33(22-17-27)36(31-7-3-1-4-8-31)32-9-5-2-6-10-32;1-4-2-3(5)6/h1-10,13-25H,(H,41,42);1-10,13-25H;2H2,(H,5,6)/b32-23-;;. The van der Waals surface area contributed by atoms with Crippen LogP contribution < -0.4 is 9.80 Å². The number of para-hydroxylation sites is 4. The Morgan fingerprint density at radius 2 is 0.782 bits per heavy atom. The monoisotopic (exact) mass is 1130 g/mol. The van der Waals surface area contributed by atoms with E-state index in [4.69, 9.17) is 30.9 Å². The molecule has 0 saturated heterocycles. The van der Waals surface area contributed by atoms with E-state index in [2.05, 4.69) is 123 Å². The highest BCUT2D eigenvalue weighted by Crippen LogP contribution is 2.36. The fourth-order valence-corrected chi connectivity index (χ4v) is 9.23. The molecule has 12 aromatic rings. The summed E-state index contributed by atoms with van der Waals surface area (Å²) in [4.78, 5) is 38.6. The van der Waals surface area contributed by atoms with Crippen molar-refractivity contribution in [2.45, 2.75) is 0 Å². The number of nitriles is 1. The van der Waals surface area contributed by atoms with Gasteiger partial charge in [0.1, 0.15) is 40.6 Å². The maximum absolute atomic E-state index is 11.2. The van der Waals surface area contributed by atoms with Crippen LogP contribution in [-0.2, 0) is 9.59 Å². The molecule has 11 heteroatoms. The predicted molar refractivity (Wildman–Crippen MR) is 343 cm³/mol. The summed E-state index contributed by atoms with van der Waals surface area (Å²) < 4.78 is 12.0. The summed E-state index contributed by atoms with van der Waals surface area (Å²) in [6.45, 7) is 5.56. The van der Waals surface area contributed by atoms with E-state index in [1.165, 1.54) is 6.08 Å². The summed E-state index contributed by atoms with van der Waals surface area (Å²) in [5.74, 6) is 12.2. The largest absolute Gasteiger partial charge is 0.477 e. The lowest BCUT2D eigenvalue weighted by atomic mass is 10.1. The number of nitrogens with zero attached hydrogens (tertiary/aromatic N) is 4. The quantitative estimate of drug-likeness (QED) is 0.0397. The van der Waals surface area contributed by atoms with Gasteiger partial charge in [-0.25, -0.2) is 16.2 Å². The molecule has 2 heterocycles. The molecule has 0 spiro atoms. The Morgan fingerprint density at radius 1 is 0.448 bits per heavy atom. The van der Waals surface area contributed by atoms with Crippen molar-refractivity contribution >= 4 is 80.4 Å². The number of carbonyl (C=O) groups excluding carboxylic acids is 1. The van der Waals surface area contributed by atoms with Crippen molar-refractivity contribution in [2.24, 2.45) is 0 Å². The van der Waals surface area contributed by atoms with Gasteiger partial charge in [0.2, 0.25) is 0 Å². The van der Waals surface area contributed by atoms with Gasteiger partial charge in [0.25, 0.3) is 0 Å². The number of hydrogen-bond donors (Lipinski definition) is 2. The first-order valence-electron chi connectivity index (χ1n) is 27.3. The van der Waals surface area contributed by atoms with E-state index in [-0.39, 0.29) is 5.57 Å². The van der Waals surface area contributed by atoms with Crippen LogP contribution in [0.1, 0.15) is 38.2 Å². The van der Waals surface area contributed by atoms with E-state index < -0.39 is 18.5 Å². The Kier molecular flexibility index (Phi) is 18.4. The van der Waals surface area contributed by atoms with Crippen LogP contribution >= 0.6 is 0 Å². The molecule has 2 aromatic heterocycles. The van der Waals surface area contributed by atoms with E-state index in [9.17, 15) is 14.4 Å². The molecule has 0 saturated carbocycles. The molecule has 11 nitrogen and oxygen atoms in total. The topological polar surface area (TPSA) is 153 Å². The van der Waals surface area contributed by atoms with Gasteiger partial charge in [0.05, 0.1) is 0 Å². The van der Waals surface area contributed by atoms with E-state index >= 15 is 0 Å². The lowest BCUT2D eigenvalue weighted by Crippen LogP contribution is -2.09. The summed E-state index contributed by atoms with van der Waals surface area (Å²) >= 11 is 0. The van der Waals surface area contributed by atoms with Gasteiger partial charge in [-0.3, -0.25) is 4.79 Å². The molecular weight excluding hydrogens is 1080 g/mol. The van der Waals surface area contributed by atoms with Crippen LogP contribution in [0.25, 0.3) is 55.5 Å². The third-order valence-corrected chi connectivity index (χ3v) is 13.5. The number of carbonyl (C=O) groups is 3. The van der Waals surface area contributed by atoms with Crippen molar-refractivity contribution in [1.29, 1.82) is 5.26 Å². The van der Waals surface area contributed by atoms with Crippen molar-refractivity contribution < 1.29 is 33.4 Å². The number of carboxylic acids is 2. The van der Waals surface area contributed by atoms with Crippen LogP contribution in [0.5, 0.6) is 0 Å². The summed E-state index contributed by atoms with van der Waals surface area (Å²) in [5, 5.41) is 27.7.